The highest BCUT2D eigenvalue weighted by Gasteiger charge is 2.21. The Morgan fingerprint density at radius 1 is 1.47 bits per heavy atom. The molecule has 0 saturated carbocycles. The van der Waals surface area contributed by atoms with E-state index in [0.717, 1.165) is 0 Å². The number of nitrogens with two attached hydrogens (primary N) is 2. The van der Waals surface area contributed by atoms with Crippen LogP contribution in [0, 0.1) is 5.82 Å². The van der Waals surface area contributed by atoms with Crippen LogP contribution in [0.4, 0.5) is 4.39 Å². The van der Waals surface area contributed by atoms with Crippen molar-refractivity contribution in [2.75, 3.05) is 0 Å². The molecule has 1 rings (SSSR count). The van der Waals surface area contributed by atoms with Crippen LogP contribution in [0.2, 0.25) is 0 Å². The molecule has 0 saturated heterocycles. The summed E-state index contributed by atoms with van der Waals surface area (Å²) >= 11 is 0. The molecular formula is C10H13FN2O2. The highest BCUT2D eigenvalue weighted by Crippen LogP contribution is 2.09. The molecule has 0 heterocycles. The Kier molecular flexibility index (Phi) is 3.76. The van der Waals surface area contributed by atoms with Crippen molar-refractivity contribution in [2.45, 2.75) is 18.6 Å². The number of benzene rings is 1. The van der Waals surface area contributed by atoms with E-state index in [1.807, 2.05) is 0 Å². The van der Waals surface area contributed by atoms with Gasteiger partial charge in [0.05, 0.1) is 0 Å². The van der Waals surface area contributed by atoms with Gasteiger partial charge in [-0.3, -0.25) is 4.79 Å². The zero-order valence-corrected chi connectivity index (χ0v) is 8.06. The van der Waals surface area contributed by atoms with Crippen LogP contribution in [0.1, 0.15) is 5.56 Å². The third-order valence-corrected chi connectivity index (χ3v) is 2.11. The molecular weight excluding hydrogens is 199 g/mol. The Balaban J connectivity index is 2.70. The number of amides is 1. The fourth-order valence-corrected chi connectivity index (χ4v) is 1.24. The van der Waals surface area contributed by atoms with E-state index in [2.05, 4.69) is 0 Å². The second kappa shape index (κ2) is 4.86. The molecule has 15 heavy (non-hydrogen) atoms. The van der Waals surface area contributed by atoms with Crippen molar-refractivity contribution >= 4 is 5.91 Å². The lowest BCUT2D eigenvalue weighted by Gasteiger charge is -2.15. The van der Waals surface area contributed by atoms with Crippen LogP contribution >= 0.6 is 0 Å². The van der Waals surface area contributed by atoms with E-state index in [4.69, 9.17) is 11.5 Å². The van der Waals surface area contributed by atoms with Crippen LogP contribution in [0.5, 0.6) is 0 Å². The SMILES string of the molecule is NC(=O)C(O)C(N)Cc1ccccc1F. The van der Waals surface area contributed by atoms with Gasteiger partial charge in [-0.1, -0.05) is 18.2 Å². The van der Waals surface area contributed by atoms with Gasteiger partial charge >= 0.3 is 0 Å². The predicted octanol–water partition coefficient (Wildman–Crippen LogP) is -0.458. The number of aliphatic hydroxyl groups excluding tert-OH is 1. The first kappa shape index (κ1) is 11.6. The van der Waals surface area contributed by atoms with Gasteiger partial charge in [-0.05, 0) is 18.1 Å². The smallest absolute Gasteiger partial charge is 0.247 e. The van der Waals surface area contributed by atoms with Gasteiger partial charge in [-0.25, -0.2) is 4.39 Å². The fraction of sp³-hybridized carbons (Fsp3) is 0.300. The number of primary amides is 1. The van der Waals surface area contributed by atoms with Crippen molar-refractivity contribution in [3.63, 3.8) is 0 Å². The average molecular weight is 212 g/mol. The van der Waals surface area contributed by atoms with Crippen LogP contribution in [0.15, 0.2) is 24.3 Å². The number of carbonyl (C=O) groups is 1. The first-order valence-corrected chi connectivity index (χ1v) is 4.48. The van der Waals surface area contributed by atoms with Crippen molar-refractivity contribution < 1.29 is 14.3 Å². The number of halogens is 1. The third-order valence-electron chi connectivity index (χ3n) is 2.11. The summed E-state index contributed by atoms with van der Waals surface area (Å²) in [4.78, 5) is 10.6. The fourth-order valence-electron chi connectivity index (χ4n) is 1.24. The van der Waals surface area contributed by atoms with Crippen LogP contribution in [-0.2, 0) is 11.2 Å². The summed E-state index contributed by atoms with van der Waals surface area (Å²) in [6, 6.07) is 5.15. The van der Waals surface area contributed by atoms with Crippen molar-refractivity contribution in [3.8, 4) is 0 Å². The second-order valence-electron chi connectivity index (χ2n) is 3.31. The van der Waals surface area contributed by atoms with Crippen molar-refractivity contribution in [1.29, 1.82) is 0 Å². The van der Waals surface area contributed by atoms with Gasteiger partial charge < -0.3 is 16.6 Å². The lowest BCUT2D eigenvalue weighted by atomic mass is 10.0. The monoisotopic (exact) mass is 212 g/mol. The third kappa shape index (κ3) is 3.00. The van der Waals surface area contributed by atoms with Gasteiger partial charge in [0.25, 0.3) is 0 Å². The Hall–Kier alpha value is -1.46. The first-order valence-electron chi connectivity index (χ1n) is 4.48. The van der Waals surface area contributed by atoms with E-state index in [1.54, 1.807) is 18.2 Å². The van der Waals surface area contributed by atoms with Gasteiger partial charge in [-0.15, -0.1) is 0 Å². The summed E-state index contributed by atoms with van der Waals surface area (Å²) < 4.78 is 13.2. The summed E-state index contributed by atoms with van der Waals surface area (Å²) in [5, 5.41) is 9.23. The largest absolute Gasteiger partial charge is 0.382 e. The minimum atomic E-state index is -1.45. The molecule has 0 aliphatic heterocycles. The van der Waals surface area contributed by atoms with Gasteiger partial charge in [0.15, 0.2) is 0 Å². The number of aliphatic hydroxyl groups is 1. The standard InChI is InChI=1S/C10H13FN2O2/c11-7-4-2-1-3-6(7)5-8(12)9(14)10(13)15/h1-4,8-9,14H,5,12H2,(H2,13,15). The van der Waals surface area contributed by atoms with Crippen molar-refractivity contribution in [3.05, 3.63) is 35.6 Å². The van der Waals surface area contributed by atoms with Crippen LogP contribution < -0.4 is 11.5 Å². The zero-order valence-electron chi connectivity index (χ0n) is 8.06. The lowest BCUT2D eigenvalue weighted by molar-refractivity contribution is -0.126. The molecule has 1 aromatic rings. The van der Waals surface area contributed by atoms with Gasteiger partial charge in [0.1, 0.15) is 11.9 Å². The summed E-state index contributed by atoms with van der Waals surface area (Å²) in [7, 11) is 0. The summed E-state index contributed by atoms with van der Waals surface area (Å²) in [5.74, 6) is -1.32. The van der Waals surface area contributed by atoms with E-state index in [9.17, 15) is 14.3 Å². The first-order chi connectivity index (χ1) is 7.02. The Bertz CT molecular complexity index is 357. The maximum absolute atomic E-state index is 13.2. The summed E-state index contributed by atoms with van der Waals surface area (Å²) in [6.07, 6.45) is -1.39. The zero-order chi connectivity index (χ0) is 11.4. The minimum absolute atomic E-state index is 0.0662. The Morgan fingerprint density at radius 3 is 2.60 bits per heavy atom. The number of carbonyl (C=O) groups excluding carboxylic acids is 1. The molecule has 0 aromatic heterocycles. The molecule has 0 aliphatic rings. The van der Waals surface area contributed by atoms with Crippen LogP contribution in [0.3, 0.4) is 0 Å². The summed E-state index contributed by atoms with van der Waals surface area (Å²) in [6.45, 7) is 0. The topological polar surface area (TPSA) is 89.3 Å². The predicted molar refractivity (Wildman–Crippen MR) is 53.3 cm³/mol. The van der Waals surface area contributed by atoms with Gasteiger partial charge in [0, 0.05) is 6.04 Å². The number of hydrogen-bond acceptors (Lipinski definition) is 3. The molecule has 0 aliphatic carbocycles. The van der Waals surface area contributed by atoms with Crippen LogP contribution in [-0.4, -0.2) is 23.2 Å². The highest BCUT2D eigenvalue weighted by atomic mass is 19.1. The molecule has 1 aromatic carbocycles. The molecule has 0 bridgehead atoms. The van der Waals surface area contributed by atoms with E-state index < -0.39 is 23.9 Å². The highest BCUT2D eigenvalue weighted by molar-refractivity contribution is 5.79. The summed E-state index contributed by atoms with van der Waals surface area (Å²) in [5.41, 5.74) is 10.7. The molecule has 0 spiro atoms. The van der Waals surface area contributed by atoms with Crippen molar-refractivity contribution in [2.24, 2.45) is 11.5 Å². The molecule has 5 heteroatoms. The molecule has 0 radical (unpaired) electrons. The van der Waals surface area contributed by atoms with Gasteiger partial charge in [-0.2, -0.15) is 0 Å². The molecule has 1 amide bonds. The van der Waals surface area contributed by atoms with E-state index >= 15 is 0 Å². The van der Waals surface area contributed by atoms with Gasteiger partial charge in [0.2, 0.25) is 5.91 Å². The maximum Gasteiger partial charge on any atom is 0.247 e. The second-order valence-corrected chi connectivity index (χ2v) is 3.31. The van der Waals surface area contributed by atoms with E-state index in [1.165, 1.54) is 6.07 Å². The Morgan fingerprint density at radius 2 is 2.07 bits per heavy atom. The molecule has 0 fully saturated rings. The minimum Gasteiger partial charge on any atom is -0.382 e. The Labute approximate surface area is 86.7 Å². The normalized spacial score (nSPS) is 14.6. The molecule has 2 atom stereocenters. The quantitative estimate of drug-likeness (QED) is 0.631. The lowest BCUT2D eigenvalue weighted by Crippen LogP contribution is -2.45. The molecule has 4 nitrogen and oxygen atoms in total. The van der Waals surface area contributed by atoms with Crippen molar-refractivity contribution in [1.82, 2.24) is 0 Å². The molecule has 5 N–H and O–H groups in total. The number of hydrogen-bond donors (Lipinski definition) is 3. The van der Waals surface area contributed by atoms with Crippen LogP contribution in [0.25, 0.3) is 0 Å². The van der Waals surface area contributed by atoms with E-state index in [0.29, 0.717) is 5.56 Å². The average Bonchev–Trinajstić information content (AvgIpc) is 2.20. The molecule has 82 valence electrons. The molecule has 2 unspecified atom stereocenters. The maximum atomic E-state index is 13.2. The van der Waals surface area contributed by atoms with E-state index in [-0.39, 0.29) is 6.42 Å². The number of rotatable bonds is 4.